The molecule has 1 saturated heterocycles. The number of methoxy groups -OCH3 is 1. The Morgan fingerprint density at radius 2 is 2.11 bits per heavy atom. The van der Waals surface area contributed by atoms with Gasteiger partial charge in [-0.05, 0) is 37.5 Å². The van der Waals surface area contributed by atoms with Gasteiger partial charge in [-0.2, -0.15) is 0 Å². The molecule has 1 aliphatic carbocycles. The van der Waals surface area contributed by atoms with Gasteiger partial charge in [-0.15, -0.1) is 11.3 Å². The van der Waals surface area contributed by atoms with E-state index in [-0.39, 0.29) is 24.5 Å². The maximum atomic E-state index is 13.0. The Bertz CT molecular complexity index is 863. The number of morpholine rings is 1. The smallest absolute Gasteiger partial charge is 0.252 e. The normalized spacial score (nSPS) is 22.2. The molecule has 2 heterocycles. The van der Waals surface area contributed by atoms with E-state index in [9.17, 15) is 9.59 Å². The van der Waals surface area contributed by atoms with Gasteiger partial charge in [0.1, 0.15) is 17.4 Å². The fraction of sp³-hybridized carbons (Fsp3) is 0.450. The summed E-state index contributed by atoms with van der Waals surface area (Å²) in [6, 6.07) is 7.20. The fourth-order valence-electron chi connectivity index (χ4n) is 3.51. The summed E-state index contributed by atoms with van der Waals surface area (Å²) in [6.07, 6.45) is 1.17. The Morgan fingerprint density at radius 3 is 2.71 bits per heavy atom. The Kier molecular flexibility index (Phi) is 5.32. The molecule has 2 aromatic rings. The van der Waals surface area contributed by atoms with Crippen LogP contribution in [0.5, 0.6) is 5.75 Å². The molecule has 2 amide bonds. The Labute approximate surface area is 167 Å². The molecule has 1 saturated carbocycles. The third kappa shape index (κ3) is 3.88. The van der Waals surface area contributed by atoms with Crippen LogP contribution in [-0.4, -0.2) is 47.6 Å². The van der Waals surface area contributed by atoms with Crippen molar-refractivity contribution in [1.82, 2.24) is 15.2 Å². The minimum atomic E-state index is -0.757. The number of hydrogen-bond donors (Lipinski definition) is 1. The number of nitrogens with zero attached hydrogens (tertiary/aromatic N) is 2. The first kappa shape index (κ1) is 18.9. The highest BCUT2D eigenvalue weighted by molar-refractivity contribution is 7.09. The van der Waals surface area contributed by atoms with Crippen molar-refractivity contribution in [1.29, 1.82) is 0 Å². The number of nitrogens with one attached hydrogen (secondary N) is 1. The molecular weight excluding hydrogens is 378 g/mol. The number of aromatic nitrogens is 1. The van der Waals surface area contributed by atoms with Crippen LogP contribution < -0.4 is 10.1 Å². The molecule has 8 heteroatoms. The predicted octanol–water partition coefficient (Wildman–Crippen LogP) is 2.21. The summed E-state index contributed by atoms with van der Waals surface area (Å²) in [5.41, 5.74) is 1.80. The van der Waals surface area contributed by atoms with Crippen LogP contribution >= 0.6 is 11.3 Å². The fourth-order valence-corrected chi connectivity index (χ4v) is 4.23. The van der Waals surface area contributed by atoms with Gasteiger partial charge in [-0.3, -0.25) is 9.59 Å². The van der Waals surface area contributed by atoms with Crippen molar-refractivity contribution in [3.8, 4) is 5.75 Å². The predicted molar refractivity (Wildman–Crippen MR) is 104 cm³/mol. The first-order valence-corrected chi connectivity index (χ1v) is 10.2. The van der Waals surface area contributed by atoms with Gasteiger partial charge in [0.05, 0.1) is 19.7 Å². The van der Waals surface area contributed by atoms with Crippen molar-refractivity contribution in [3.63, 3.8) is 0 Å². The van der Waals surface area contributed by atoms with Crippen LogP contribution in [-0.2, 0) is 20.9 Å². The molecule has 2 aliphatic rings. The minimum Gasteiger partial charge on any atom is -0.497 e. The molecule has 1 aromatic heterocycles. The van der Waals surface area contributed by atoms with E-state index in [1.165, 1.54) is 11.3 Å². The molecule has 2 fully saturated rings. The summed E-state index contributed by atoms with van der Waals surface area (Å²) in [6.45, 7) is 2.20. The molecule has 0 unspecified atom stereocenters. The van der Waals surface area contributed by atoms with Gasteiger partial charge in [-0.25, -0.2) is 4.98 Å². The molecule has 2 atom stereocenters. The van der Waals surface area contributed by atoms with Crippen LogP contribution in [0.4, 0.5) is 0 Å². The number of carbonyl (C=O) groups is 2. The average Bonchev–Trinajstić information content (AvgIpc) is 3.46. The van der Waals surface area contributed by atoms with Crippen molar-refractivity contribution in [2.75, 3.05) is 13.7 Å². The summed E-state index contributed by atoms with van der Waals surface area (Å²) < 4.78 is 11.0. The quantitative estimate of drug-likeness (QED) is 0.803. The van der Waals surface area contributed by atoms with Crippen molar-refractivity contribution in [2.24, 2.45) is 0 Å². The highest BCUT2D eigenvalue weighted by Crippen LogP contribution is 2.39. The SMILES string of the molecule is COc1ccc([C@@H]2[C@@H](C(=O)NCc3nc(C)cs3)OCC(=O)N2C2CC2)cc1. The molecule has 7 nitrogen and oxygen atoms in total. The van der Waals surface area contributed by atoms with E-state index in [0.29, 0.717) is 6.54 Å². The van der Waals surface area contributed by atoms with Crippen molar-refractivity contribution < 1.29 is 19.1 Å². The number of amides is 2. The van der Waals surface area contributed by atoms with Crippen LogP contribution in [0.1, 0.15) is 35.1 Å². The van der Waals surface area contributed by atoms with Crippen molar-refractivity contribution >= 4 is 23.2 Å². The van der Waals surface area contributed by atoms with E-state index in [1.807, 2.05) is 41.5 Å². The third-order valence-corrected chi connectivity index (χ3v) is 5.96. The second kappa shape index (κ2) is 7.89. The number of hydrogen-bond acceptors (Lipinski definition) is 6. The van der Waals surface area contributed by atoms with Gasteiger partial charge in [-0.1, -0.05) is 12.1 Å². The summed E-state index contributed by atoms with van der Waals surface area (Å²) in [7, 11) is 1.61. The van der Waals surface area contributed by atoms with Gasteiger partial charge in [0.2, 0.25) is 5.91 Å². The van der Waals surface area contributed by atoms with Gasteiger partial charge < -0.3 is 19.7 Å². The molecule has 1 aromatic carbocycles. The average molecular weight is 401 g/mol. The number of thiazole rings is 1. The summed E-state index contributed by atoms with van der Waals surface area (Å²) >= 11 is 1.51. The molecule has 4 rings (SSSR count). The van der Waals surface area contributed by atoms with Crippen LogP contribution in [0.25, 0.3) is 0 Å². The van der Waals surface area contributed by atoms with Crippen LogP contribution in [0.15, 0.2) is 29.6 Å². The molecule has 28 heavy (non-hydrogen) atoms. The highest BCUT2D eigenvalue weighted by Gasteiger charge is 2.47. The molecule has 0 spiro atoms. The second-order valence-electron chi connectivity index (χ2n) is 7.08. The lowest BCUT2D eigenvalue weighted by atomic mass is 9.96. The Hall–Kier alpha value is -2.45. The number of rotatable bonds is 6. The van der Waals surface area contributed by atoms with E-state index in [1.54, 1.807) is 7.11 Å². The van der Waals surface area contributed by atoms with E-state index in [2.05, 4.69) is 10.3 Å². The Balaban J connectivity index is 1.57. The minimum absolute atomic E-state index is 0.0667. The summed E-state index contributed by atoms with van der Waals surface area (Å²) in [5.74, 6) is 0.430. The molecular formula is C20H23N3O4S. The first-order valence-electron chi connectivity index (χ1n) is 9.32. The zero-order valence-electron chi connectivity index (χ0n) is 15.9. The lowest BCUT2D eigenvalue weighted by Crippen LogP contribution is -2.55. The van der Waals surface area contributed by atoms with Crippen LogP contribution in [0.3, 0.4) is 0 Å². The molecule has 1 N–H and O–H groups in total. The van der Waals surface area contributed by atoms with Crippen molar-refractivity contribution in [3.05, 3.63) is 45.9 Å². The van der Waals surface area contributed by atoms with E-state index in [4.69, 9.17) is 9.47 Å². The van der Waals surface area contributed by atoms with E-state index >= 15 is 0 Å². The monoisotopic (exact) mass is 401 g/mol. The second-order valence-corrected chi connectivity index (χ2v) is 8.02. The van der Waals surface area contributed by atoms with Gasteiger partial charge in [0.15, 0.2) is 6.10 Å². The van der Waals surface area contributed by atoms with Gasteiger partial charge in [0.25, 0.3) is 5.91 Å². The van der Waals surface area contributed by atoms with E-state index < -0.39 is 12.1 Å². The number of benzene rings is 1. The molecule has 148 valence electrons. The Morgan fingerprint density at radius 1 is 1.36 bits per heavy atom. The maximum Gasteiger partial charge on any atom is 0.252 e. The topological polar surface area (TPSA) is 80.8 Å². The highest BCUT2D eigenvalue weighted by atomic mass is 32.1. The lowest BCUT2D eigenvalue weighted by Gasteiger charge is -2.40. The molecule has 0 bridgehead atoms. The molecule has 0 radical (unpaired) electrons. The third-order valence-electron chi connectivity index (χ3n) is 5.00. The zero-order chi connectivity index (χ0) is 19.7. The largest absolute Gasteiger partial charge is 0.497 e. The number of carbonyl (C=O) groups excluding carboxylic acids is 2. The zero-order valence-corrected chi connectivity index (χ0v) is 16.7. The number of aryl methyl sites for hydroxylation is 1. The first-order chi connectivity index (χ1) is 13.6. The maximum absolute atomic E-state index is 13.0. The standard InChI is InChI=1S/C20H23N3O4S/c1-12-11-28-16(22-12)9-21-20(25)19-18(13-3-7-15(26-2)8-4-13)23(14-5-6-14)17(24)10-27-19/h3-4,7-8,11,14,18-19H,5-6,9-10H2,1-2H3,(H,21,25)/t18-,19+/m1/s1. The summed E-state index contributed by atoms with van der Waals surface area (Å²) in [5, 5.41) is 5.72. The lowest BCUT2D eigenvalue weighted by molar-refractivity contribution is -0.165. The van der Waals surface area contributed by atoms with Crippen LogP contribution in [0, 0.1) is 6.92 Å². The van der Waals surface area contributed by atoms with E-state index in [0.717, 1.165) is 34.9 Å². The molecule has 1 aliphatic heterocycles. The summed E-state index contributed by atoms with van der Waals surface area (Å²) in [4.78, 5) is 31.7. The number of ether oxygens (including phenoxy) is 2. The van der Waals surface area contributed by atoms with Crippen LogP contribution in [0.2, 0.25) is 0 Å². The van der Waals surface area contributed by atoms with Crippen molar-refractivity contribution in [2.45, 2.75) is 44.5 Å². The van der Waals surface area contributed by atoms with Gasteiger partial charge in [0, 0.05) is 17.1 Å². The van der Waals surface area contributed by atoms with Gasteiger partial charge >= 0.3 is 0 Å².